The molecule has 0 aromatic heterocycles. The van der Waals surface area contributed by atoms with E-state index >= 15 is 0 Å². The molecule has 0 saturated carbocycles. The molecule has 4 N–H and O–H groups in total. The van der Waals surface area contributed by atoms with Gasteiger partial charge in [0.25, 0.3) is 0 Å². The number of aromatic hydroxyl groups is 3. The van der Waals surface area contributed by atoms with E-state index in [9.17, 15) is 15.3 Å². The maximum atomic E-state index is 9.86. The highest BCUT2D eigenvalue weighted by molar-refractivity contribution is 5.97. The molecule has 0 spiro atoms. The van der Waals surface area contributed by atoms with Crippen LogP contribution in [0.25, 0.3) is 10.8 Å². The first-order valence-corrected chi connectivity index (χ1v) is 6.60. The fourth-order valence-corrected chi connectivity index (χ4v) is 2.34. The Morgan fingerprint density at radius 1 is 0.762 bits per heavy atom. The van der Waals surface area contributed by atoms with Gasteiger partial charge in [-0.15, -0.1) is 0 Å². The summed E-state index contributed by atoms with van der Waals surface area (Å²) >= 11 is 0. The van der Waals surface area contributed by atoms with E-state index in [4.69, 9.17) is 0 Å². The molecular weight excluding hydrogens is 266 g/mol. The Morgan fingerprint density at radius 2 is 1.52 bits per heavy atom. The molecule has 3 rings (SSSR count). The second-order valence-corrected chi connectivity index (χ2v) is 4.84. The molecule has 106 valence electrons. The molecule has 0 unspecified atom stereocenters. The van der Waals surface area contributed by atoms with Crippen LogP contribution in [0.4, 0.5) is 5.69 Å². The summed E-state index contributed by atoms with van der Waals surface area (Å²) in [5, 5.41) is 33.9. The Labute approximate surface area is 121 Å². The molecule has 0 aliphatic carbocycles. The van der Waals surface area contributed by atoms with Gasteiger partial charge in [-0.1, -0.05) is 24.3 Å². The fourth-order valence-electron chi connectivity index (χ4n) is 2.34. The molecule has 21 heavy (non-hydrogen) atoms. The zero-order valence-electron chi connectivity index (χ0n) is 11.2. The summed E-state index contributed by atoms with van der Waals surface area (Å²) in [5.74, 6) is 0.320. The van der Waals surface area contributed by atoms with Gasteiger partial charge in [0.05, 0.1) is 0 Å². The van der Waals surface area contributed by atoms with E-state index in [1.807, 2.05) is 24.3 Å². The van der Waals surface area contributed by atoms with Crippen LogP contribution in [0.1, 0.15) is 5.56 Å². The predicted octanol–water partition coefficient (Wildman–Crippen LogP) is 3.57. The number of benzene rings is 3. The van der Waals surface area contributed by atoms with Gasteiger partial charge < -0.3 is 20.6 Å². The standard InChI is InChI=1S/C17H15NO3/c19-12-8-7-11(17(21)9-12)10-18-15-5-1-4-14-13(15)3-2-6-16(14)20/h1-9,18-21H,10H2. The number of hydrogen-bond acceptors (Lipinski definition) is 4. The molecule has 0 radical (unpaired) electrons. The van der Waals surface area contributed by atoms with Gasteiger partial charge in [-0.25, -0.2) is 0 Å². The number of phenolic OH excluding ortho intramolecular Hbond substituents is 3. The third kappa shape index (κ3) is 2.56. The van der Waals surface area contributed by atoms with Crippen LogP contribution < -0.4 is 5.32 Å². The van der Waals surface area contributed by atoms with Crippen LogP contribution in [-0.2, 0) is 6.54 Å². The Kier molecular flexibility index (Phi) is 3.28. The van der Waals surface area contributed by atoms with Crippen LogP contribution in [0.5, 0.6) is 17.2 Å². The van der Waals surface area contributed by atoms with Crippen molar-refractivity contribution in [3.63, 3.8) is 0 Å². The lowest BCUT2D eigenvalue weighted by Gasteiger charge is -2.11. The number of hydrogen-bond donors (Lipinski definition) is 4. The topological polar surface area (TPSA) is 72.7 Å². The van der Waals surface area contributed by atoms with Crippen LogP contribution >= 0.6 is 0 Å². The first-order chi connectivity index (χ1) is 10.1. The smallest absolute Gasteiger partial charge is 0.124 e. The zero-order chi connectivity index (χ0) is 14.8. The Morgan fingerprint density at radius 3 is 2.33 bits per heavy atom. The van der Waals surface area contributed by atoms with Gasteiger partial charge in [0.1, 0.15) is 17.2 Å². The molecule has 4 heteroatoms. The SMILES string of the molecule is Oc1ccc(CNc2cccc3c(O)cccc23)c(O)c1. The van der Waals surface area contributed by atoms with E-state index in [2.05, 4.69) is 5.32 Å². The monoisotopic (exact) mass is 281 g/mol. The van der Waals surface area contributed by atoms with Crippen molar-refractivity contribution in [2.24, 2.45) is 0 Å². The largest absolute Gasteiger partial charge is 0.508 e. The van der Waals surface area contributed by atoms with Crippen molar-refractivity contribution in [1.82, 2.24) is 0 Å². The third-order valence-corrected chi connectivity index (χ3v) is 3.44. The van der Waals surface area contributed by atoms with Crippen LogP contribution in [0.2, 0.25) is 0 Å². The summed E-state index contributed by atoms with van der Waals surface area (Å²) in [7, 11) is 0. The summed E-state index contributed by atoms with van der Waals surface area (Å²) in [6.45, 7) is 0.418. The molecule has 0 aliphatic rings. The maximum absolute atomic E-state index is 9.86. The maximum Gasteiger partial charge on any atom is 0.124 e. The van der Waals surface area contributed by atoms with E-state index in [0.29, 0.717) is 12.1 Å². The minimum atomic E-state index is 0.0336. The molecule has 0 amide bonds. The van der Waals surface area contributed by atoms with Gasteiger partial charge in [-0.3, -0.25) is 0 Å². The Balaban J connectivity index is 1.90. The van der Waals surface area contributed by atoms with E-state index in [-0.39, 0.29) is 17.2 Å². The third-order valence-electron chi connectivity index (χ3n) is 3.44. The number of anilines is 1. The number of phenols is 3. The lowest BCUT2D eigenvalue weighted by Crippen LogP contribution is -2.00. The molecule has 0 heterocycles. The highest BCUT2D eigenvalue weighted by atomic mass is 16.3. The Bertz CT molecular complexity index is 799. The molecule has 3 aromatic carbocycles. The first-order valence-electron chi connectivity index (χ1n) is 6.60. The van der Waals surface area contributed by atoms with Crippen LogP contribution in [0, 0.1) is 0 Å². The van der Waals surface area contributed by atoms with Crippen molar-refractivity contribution in [2.45, 2.75) is 6.54 Å². The van der Waals surface area contributed by atoms with Crippen LogP contribution in [0.15, 0.2) is 54.6 Å². The summed E-state index contributed by atoms with van der Waals surface area (Å²) in [6, 6.07) is 15.5. The summed E-state index contributed by atoms with van der Waals surface area (Å²) < 4.78 is 0. The molecule has 0 aliphatic heterocycles. The number of nitrogens with one attached hydrogen (secondary N) is 1. The van der Waals surface area contributed by atoms with Gasteiger partial charge in [0.2, 0.25) is 0 Å². The van der Waals surface area contributed by atoms with Gasteiger partial charge in [-0.05, 0) is 24.3 Å². The van der Waals surface area contributed by atoms with Crippen molar-refractivity contribution in [3.05, 3.63) is 60.2 Å². The number of rotatable bonds is 3. The first kappa shape index (κ1) is 13.1. The van der Waals surface area contributed by atoms with Crippen LogP contribution in [-0.4, -0.2) is 15.3 Å². The molecule has 0 bridgehead atoms. The fraction of sp³-hybridized carbons (Fsp3) is 0.0588. The van der Waals surface area contributed by atoms with Crippen molar-refractivity contribution in [1.29, 1.82) is 0 Å². The average Bonchev–Trinajstić information content (AvgIpc) is 2.47. The molecule has 4 nitrogen and oxygen atoms in total. The Hall–Kier alpha value is -2.88. The van der Waals surface area contributed by atoms with Crippen molar-refractivity contribution < 1.29 is 15.3 Å². The lowest BCUT2D eigenvalue weighted by atomic mass is 10.1. The van der Waals surface area contributed by atoms with Gasteiger partial charge >= 0.3 is 0 Å². The summed E-state index contributed by atoms with van der Waals surface area (Å²) in [5.41, 5.74) is 1.56. The predicted molar refractivity (Wildman–Crippen MR) is 82.7 cm³/mol. The molecule has 0 saturated heterocycles. The van der Waals surface area contributed by atoms with Crippen molar-refractivity contribution in [2.75, 3.05) is 5.32 Å². The van der Waals surface area contributed by atoms with Gasteiger partial charge in [0, 0.05) is 34.6 Å². The van der Waals surface area contributed by atoms with E-state index in [1.165, 1.54) is 12.1 Å². The van der Waals surface area contributed by atoms with Gasteiger partial charge in [-0.2, -0.15) is 0 Å². The molecule has 3 aromatic rings. The van der Waals surface area contributed by atoms with E-state index < -0.39 is 0 Å². The van der Waals surface area contributed by atoms with E-state index in [1.54, 1.807) is 18.2 Å². The molecule has 0 fully saturated rings. The molecule has 0 atom stereocenters. The minimum Gasteiger partial charge on any atom is -0.508 e. The minimum absolute atomic E-state index is 0.0336. The summed E-state index contributed by atoms with van der Waals surface area (Å²) in [6.07, 6.45) is 0. The molecular formula is C17H15NO3. The zero-order valence-corrected chi connectivity index (χ0v) is 11.2. The van der Waals surface area contributed by atoms with Crippen LogP contribution in [0.3, 0.4) is 0 Å². The normalized spacial score (nSPS) is 10.7. The quantitative estimate of drug-likeness (QED) is 0.592. The lowest BCUT2D eigenvalue weighted by molar-refractivity contribution is 0.446. The van der Waals surface area contributed by atoms with Crippen molar-refractivity contribution in [3.8, 4) is 17.2 Å². The second-order valence-electron chi connectivity index (χ2n) is 4.84. The number of fused-ring (bicyclic) bond motifs is 1. The average molecular weight is 281 g/mol. The highest BCUT2D eigenvalue weighted by Gasteiger charge is 2.06. The summed E-state index contributed by atoms with van der Waals surface area (Å²) in [4.78, 5) is 0. The van der Waals surface area contributed by atoms with E-state index in [0.717, 1.165) is 16.5 Å². The van der Waals surface area contributed by atoms with Gasteiger partial charge in [0.15, 0.2) is 0 Å². The van der Waals surface area contributed by atoms with Crippen molar-refractivity contribution >= 4 is 16.5 Å². The second kappa shape index (κ2) is 5.25. The highest BCUT2D eigenvalue weighted by Crippen LogP contribution is 2.30.